The molecule has 30 heavy (non-hydrogen) atoms. The van der Waals surface area contributed by atoms with Crippen LogP contribution < -0.4 is 10.6 Å². The Kier molecular flexibility index (Phi) is 8.44. The van der Waals surface area contributed by atoms with Gasteiger partial charge >= 0.3 is 0 Å². The number of nitrogens with one attached hydrogen (secondary N) is 2. The number of thioether (sulfide) groups is 1. The number of para-hydroxylation sites is 2. The molecule has 160 valence electrons. The highest BCUT2D eigenvalue weighted by atomic mass is 127. The summed E-state index contributed by atoms with van der Waals surface area (Å²) in [6.07, 6.45) is 7.87. The van der Waals surface area contributed by atoms with Crippen LogP contribution in [0.4, 0.5) is 0 Å². The van der Waals surface area contributed by atoms with Crippen LogP contribution in [0.5, 0.6) is 0 Å². The topological polar surface area (TPSA) is 54.2 Å². The highest BCUT2D eigenvalue weighted by Gasteiger charge is 2.24. The summed E-state index contributed by atoms with van der Waals surface area (Å²) in [7, 11) is 1.84. The Morgan fingerprint density at radius 1 is 1.13 bits per heavy atom. The Bertz CT molecular complexity index is 969. The van der Waals surface area contributed by atoms with E-state index in [0.29, 0.717) is 6.04 Å². The lowest BCUT2D eigenvalue weighted by Gasteiger charge is -2.17. The predicted molar refractivity (Wildman–Crippen MR) is 139 cm³/mol. The summed E-state index contributed by atoms with van der Waals surface area (Å²) >= 11 is 1.98. The van der Waals surface area contributed by atoms with Gasteiger partial charge in [0.05, 0.1) is 17.4 Å². The van der Waals surface area contributed by atoms with E-state index in [1.165, 1.54) is 35.9 Å². The highest BCUT2D eigenvalue weighted by Crippen LogP contribution is 2.28. The van der Waals surface area contributed by atoms with Crippen molar-refractivity contribution in [2.45, 2.75) is 43.6 Å². The van der Waals surface area contributed by atoms with Gasteiger partial charge in [0.25, 0.3) is 0 Å². The third kappa shape index (κ3) is 5.69. The van der Waals surface area contributed by atoms with Gasteiger partial charge in [-0.2, -0.15) is 11.8 Å². The fraction of sp³-hybridized carbons (Fsp3) is 0.391. The van der Waals surface area contributed by atoms with E-state index in [4.69, 9.17) is 0 Å². The van der Waals surface area contributed by atoms with Crippen LogP contribution in [0.2, 0.25) is 0 Å². The largest absolute Gasteiger partial charge is 0.354 e. The Morgan fingerprint density at radius 2 is 1.90 bits per heavy atom. The number of guanidine groups is 1. The van der Waals surface area contributed by atoms with Crippen molar-refractivity contribution < 1.29 is 0 Å². The number of rotatable bonds is 6. The van der Waals surface area contributed by atoms with Gasteiger partial charge < -0.3 is 15.2 Å². The van der Waals surface area contributed by atoms with E-state index < -0.39 is 0 Å². The van der Waals surface area contributed by atoms with Crippen LogP contribution in [-0.2, 0) is 13.1 Å². The number of fused-ring (bicyclic) bond motifs is 1. The maximum absolute atomic E-state index is 4.47. The zero-order valence-corrected chi connectivity index (χ0v) is 20.7. The fourth-order valence-corrected chi connectivity index (χ4v) is 4.75. The molecule has 0 aliphatic heterocycles. The molecule has 4 rings (SSSR count). The molecule has 2 unspecified atom stereocenters. The summed E-state index contributed by atoms with van der Waals surface area (Å²) in [6.45, 7) is 1.60. The molecule has 1 aliphatic carbocycles. The van der Waals surface area contributed by atoms with Crippen molar-refractivity contribution in [3.63, 3.8) is 0 Å². The number of aromatic nitrogens is 2. The van der Waals surface area contributed by atoms with Gasteiger partial charge in [0.15, 0.2) is 5.96 Å². The molecule has 2 N–H and O–H groups in total. The molecule has 0 saturated heterocycles. The maximum Gasteiger partial charge on any atom is 0.191 e. The molecule has 0 amide bonds. The molecule has 2 atom stereocenters. The Morgan fingerprint density at radius 3 is 2.63 bits per heavy atom. The summed E-state index contributed by atoms with van der Waals surface area (Å²) in [5.41, 5.74) is 4.73. The molecule has 7 heteroatoms. The summed E-state index contributed by atoms with van der Waals surface area (Å²) in [5.74, 6) is 0.894. The molecule has 3 aromatic rings. The summed E-state index contributed by atoms with van der Waals surface area (Å²) in [6, 6.07) is 17.6. The first-order chi connectivity index (χ1) is 14.2. The highest BCUT2D eigenvalue weighted by molar-refractivity contribution is 14.0. The van der Waals surface area contributed by atoms with Crippen molar-refractivity contribution in [3.05, 3.63) is 66.0 Å². The minimum atomic E-state index is 0. The van der Waals surface area contributed by atoms with Gasteiger partial charge in [-0.3, -0.25) is 4.99 Å². The van der Waals surface area contributed by atoms with Crippen LogP contribution in [0.1, 0.15) is 30.4 Å². The van der Waals surface area contributed by atoms with E-state index in [-0.39, 0.29) is 24.0 Å². The third-order valence-corrected chi connectivity index (χ3v) is 6.74. The van der Waals surface area contributed by atoms with Crippen molar-refractivity contribution in [2.24, 2.45) is 4.99 Å². The first-order valence-electron chi connectivity index (χ1n) is 10.2. The number of hydrogen-bond donors (Lipinski definition) is 2. The van der Waals surface area contributed by atoms with Crippen molar-refractivity contribution in [2.75, 3.05) is 13.3 Å². The molecule has 0 radical (unpaired) electrons. The molecule has 2 aromatic carbocycles. The molecular weight excluding hydrogens is 505 g/mol. The first kappa shape index (κ1) is 22.9. The van der Waals surface area contributed by atoms with Crippen LogP contribution >= 0.6 is 35.7 Å². The van der Waals surface area contributed by atoms with Crippen LogP contribution in [0.25, 0.3) is 11.0 Å². The molecular formula is C23H30IN5S. The average Bonchev–Trinajstić information content (AvgIpc) is 3.39. The third-order valence-electron chi connectivity index (χ3n) is 5.65. The normalized spacial score (nSPS) is 18.9. The number of halogens is 1. The van der Waals surface area contributed by atoms with Crippen molar-refractivity contribution >= 4 is 52.7 Å². The number of benzene rings is 2. The van der Waals surface area contributed by atoms with Crippen LogP contribution in [-0.4, -0.2) is 40.1 Å². The molecule has 0 bridgehead atoms. The van der Waals surface area contributed by atoms with Crippen molar-refractivity contribution in [1.29, 1.82) is 0 Å². The van der Waals surface area contributed by atoms with Gasteiger partial charge in [-0.15, -0.1) is 24.0 Å². The molecule has 1 saturated carbocycles. The van der Waals surface area contributed by atoms with Gasteiger partial charge in [0.2, 0.25) is 0 Å². The van der Waals surface area contributed by atoms with Gasteiger partial charge in [-0.25, -0.2) is 4.98 Å². The van der Waals surface area contributed by atoms with Crippen LogP contribution in [0, 0.1) is 0 Å². The molecule has 0 spiro atoms. The lowest BCUT2D eigenvalue weighted by atomic mass is 10.1. The summed E-state index contributed by atoms with van der Waals surface area (Å²) in [4.78, 5) is 8.87. The Hall–Kier alpha value is -1.74. The van der Waals surface area contributed by atoms with Gasteiger partial charge in [-0.05, 0) is 48.8 Å². The van der Waals surface area contributed by atoms with Gasteiger partial charge in [-0.1, -0.05) is 36.4 Å². The van der Waals surface area contributed by atoms with Gasteiger partial charge in [0.1, 0.15) is 0 Å². The van der Waals surface area contributed by atoms with Crippen molar-refractivity contribution in [3.8, 4) is 0 Å². The van der Waals surface area contributed by atoms with E-state index in [0.717, 1.165) is 29.8 Å². The lowest BCUT2D eigenvalue weighted by molar-refractivity contribution is 0.614. The summed E-state index contributed by atoms with van der Waals surface area (Å²) < 4.78 is 2.19. The van der Waals surface area contributed by atoms with E-state index in [2.05, 4.69) is 67.8 Å². The minimum absolute atomic E-state index is 0. The minimum Gasteiger partial charge on any atom is -0.354 e. The van der Waals surface area contributed by atoms with E-state index >= 15 is 0 Å². The zero-order chi connectivity index (χ0) is 20.1. The first-order valence-corrected chi connectivity index (χ1v) is 11.5. The number of hydrogen-bond acceptors (Lipinski definition) is 3. The van der Waals surface area contributed by atoms with Crippen LogP contribution in [0.15, 0.2) is 59.9 Å². The van der Waals surface area contributed by atoms with E-state index in [1.54, 1.807) is 0 Å². The second kappa shape index (κ2) is 11.0. The quantitative estimate of drug-likeness (QED) is 0.274. The number of aliphatic imine (C=N–C) groups is 1. The zero-order valence-electron chi connectivity index (χ0n) is 17.5. The van der Waals surface area contributed by atoms with E-state index in [1.807, 2.05) is 37.3 Å². The van der Waals surface area contributed by atoms with Crippen LogP contribution in [0.3, 0.4) is 0 Å². The maximum atomic E-state index is 4.47. The molecule has 1 heterocycles. The van der Waals surface area contributed by atoms with Gasteiger partial charge in [0, 0.05) is 31.4 Å². The Labute approximate surface area is 200 Å². The number of nitrogens with zero attached hydrogens (tertiary/aromatic N) is 3. The lowest BCUT2D eigenvalue weighted by Crippen LogP contribution is -2.42. The molecule has 1 aliphatic rings. The summed E-state index contributed by atoms with van der Waals surface area (Å²) in [5, 5.41) is 7.81. The standard InChI is InChI=1S/C23H29N5S.HI/c1-24-23(27-19-11-12-20(13-19)29-2)25-14-17-7-9-18(10-8-17)15-28-16-26-21-5-3-4-6-22(21)28;/h3-10,16,19-20H,11-15H2,1-2H3,(H2,24,25,27);1H. The molecule has 1 aromatic heterocycles. The smallest absolute Gasteiger partial charge is 0.191 e. The number of imidazole rings is 1. The SMILES string of the molecule is CN=C(NCc1ccc(Cn2cnc3ccccc32)cc1)NC1CCC(SC)C1.I. The average molecular weight is 535 g/mol. The second-order valence-electron chi connectivity index (χ2n) is 7.62. The molecule has 1 fully saturated rings. The second-order valence-corrected chi connectivity index (χ2v) is 8.75. The fourth-order valence-electron chi connectivity index (χ4n) is 3.95. The predicted octanol–water partition coefficient (Wildman–Crippen LogP) is 4.65. The molecule has 5 nitrogen and oxygen atoms in total. The monoisotopic (exact) mass is 535 g/mol. The van der Waals surface area contributed by atoms with Crippen molar-refractivity contribution in [1.82, 2.24) is 20.2 Å². The Balaban J connectivity index is 0.00000256. The van der Waals surface area contributed by atoms with E-state index in [9.17, 15) is 0 Å².